The number of hydrogen-bond donors (Lipinski definition) is 0. The fraction of sp³-hybridized carbons (Fsp3) is 0.471. The lowest BCUT2D eigenvalue weighted by Crippen LogP contribution is -2.38. The lowest BCUT2D eigenvalue weighted by Gasteiger charge is -2.35. The maximum absolute atomic E-state index is 12.9. The first-order valence-corrected chi connectivity index (χ1v) is 7.93. The number of amides is 1. The molecule has 0 radical (unpaired) electrons. The highest BCUT2D eigenvalue weighted by Crippen LogP contribution is 2.30. The van der Waals surface area contributed by atoms with E-state index in [-0.39, 0.29) is 18.0 Å². The number of aromatic nitrogens is 3. The van der Waals surface area contributed by atoms with E-state index in [2.05, 4.69) is 23.9 Å². The maximum Gasteiger partial charge on any atom is 0.257 e. The van der Waals surface area contributed by atoms with Gasteiger partial charge in [-0.2, -0.15) is 5.10 Å². The van der Waals surface area contributed by atoms with E-state index in [9.17, 15) is 4.79 Å². The molecule has 116 valence electrons. The van der Waals surface area contributed by atoms with Gasteiger partial charge in [-0.05, 0) is 45.2 Å². The van der Waals surface area contributed by atoms with Gasteiger partial charge in [-0.3, -0.25) is 14.5 Å². The Bertz CT molecular complexity index is 635. The van der Waals surface area contributed by atoms with Crippen molar-refractivity contribution in [2.45, 2.75) is 45.2 Å². The molecule has 0 N–H and O–H groups in total. The smallest absolute Gasteiger partial charge is 0.257 e. The van der Waals surface area contributed by atoms with Crippen molar-refractivity contribution < 1.29 is 4.79 Å². The fourth-order valence-electron chi connectivity index (χ4n) is 2.95. The zero-order valence-corrected chi connectivity index (χ0v) is 13.1. The molecule has 0 spiro atoms. The van der Waals surface area contributed by atoms with Gasteiger partial charge in [0.1, 0.15) is 0 Å². The van der Waals surface area contributed by atoms with Crippen molar-refractivity contribution in [3.63, 3.8) is 0 Å². The van der Waals surface area contributed by atoms with Crippen LogP contribution in [-0.4, -0.2) is 32.1 Å². The average Bonchev–Trinajstić information content (AvgIpc) is 3.05. The van der Waals surface area contributed by atoms with E-state index in [4.69, 9.17) is 0 Å². The summed E-state index contributed by atoms with van der Waals surface area (Å²) in [6.07, 6.45) is 8.47. The Morgan fingerprint density at radius 1 is 1.32 bits per heavy atom. The minimum atomic E-state index is 0.0576. The quantitative estimate of drug-likeness (QED) is 0.874. The number of likely N-dealkylation sites (tertiary alicyclic amines) is 1. The zero-order chi connectivity index (χ0) is 15.5. The average molecular weight is 298 g/mol. The summed E-state index contributed by atoms with van der Waals surface area (Å²) in [7, 11) is 0. The van der Waals surface area contributed by atoms with Gasteiger partial charge in [0.05, 0.1) is 23.5 Å². The molecule has 0 aromatic carbocycles. The standard InChI is InChI=1S/C17H22N4O/c1-13(2)21-12-14(11-19-21)17(22)20-10-6-4-8-16(20)15-7-3-5-9-18-15/h3,5,7,9,11-13,16H,4,6,8,10H2,1-2H3/t16-/m0/s1. The summed E-state index contributed by atoms with van der Waals surface area (Å²) in [4.78, 5) is 19.3. The maximum atomic E-state index is 12.9. The largest absolute Gasteiger partial charge is 0.330 e. The fourth-order valence-corrected chi connectivity index (χ4v) is 2.95. The minimum Gasteiger partial charge on any atom is -0.330 e. The van der Waals surface area contributed by atoms with Crippen LogP contribution in [0.3, 0.4) is 0 Å². The summed E-state index contributed by atoms with van der Waals surface area (Å²) in [5, 5.41) is 4.28. The summed E-state index contributed by atoms with van der Waals surface area (Å²) in [5.74, 6) is 0.0576. The van der Waals surface area contributed by atoms with Crippen molar-refractivity contribution in [1.82, 2.24) is 19.7 Å². The topological polar surface area (TPSA) is 51.0 Å². The number of piperidine rings is 1. The van der Waals surface area contributed by atoms with Crippen molar-refractivity contribution >= 4 is 5.91 Å². The summed E-state index contributed by atoms with van der Waals surface area (Å²) in [5.41, 5.74) is 1.64. The highest BCUT2D eigenvalue weighted by molar-refractivity contribution is 5.94. The third kappa shape index (κ3) is 2.89. The SMILES string of the molecule is CC(C)n1cc(C(=O)N2CCCC[C@H]2c2ccccn2)cn1. The number of hydrogen-bond acceptors (Lipinski definition) is 3. The van der Waals surface area contributed by atoms with E-state index in [1.165, 1.54) is 0 Å². The first-order chi connectivity index (χ1) is 10.7. The van der Waals surface area contributed by atoms with Crippen molar-refractivity contribution in [2.75, 3.05) is 6.54 Å². The van der Waals surface area contributed by atoms with E-state index in [0.717, 1.165) is 31.5 Å². The molecule has 3 rings (SSSR count). The predicted octanol–water partition coefficient (Wildman–Crippen LogP) is 3.23. The monoisotopic (exact) mass is 298 g/mol. The van der Waals surface area contributed by atoms with E-state index in [1.807, 2.05) is 34.0 Å². The van der Waals surface area contributed by atoms with Gasteiger partial charge in [0.25, 0.3) is 5.91 Å². The second-order valence-electron chi connectivity index (χ2n) is 6.07. The number of carbonyl (C=O) groups excluding carboxylic acids is 1. The van der Waals surface area contributed by atoms with Gasteiger partial charge in [-0.25, -0.2) is 0 Å². The highest BCUT2D eigenvalue weighted by Gasteiger charge is 2.30. The lowest BCUT2D eigenvalue weighted by atomic mass is 9.98. The second-order valence-corrected chi connectivity index (χ2v) is 6.07. The molecule has 1 amide bonds. The van der Waals surface area contributed by atoms with Gasteiger partial charge in [-0.15, -0.1) is 0 Å². The second kappa shape index (κ2) is 6.30. The summed E-state index contributed by atoms with van der Waals surface area (Å²) < 4.78 is 1.83. The summed E-state index contributed by atoms with van der Waals surface area (Å²) in [6.45, 7) is 4.89. The van der Waals surface area contributed by atoms with Crippen LogP contribution < -0.4 is 0 Å². The first-order valence-electron chi connectivity index (χ1n) is 7.93. The van der Waals surface area contributed by atoms with Crippen molar-refractivity contribution in [2.24, 2.45) is 0 Å². The van der Waals surface area contributed by atoms with Crippen molar-refractivity contribution in [1.29, 1.82) is 0 Å². The lowest BCUT2D eigenvalue weighted by molar-refractivity contribution is 0.0606. The van der Waals surface area contributed by atoms with Crippen LogP contribution in [0.1, 0.15) is 61.2 Å². The Morgan fingerprint density at radius 3 is 2.86 bits per heavy atom. The molecule has 1 aliphatic heterocycles. The molecule has 5 nitrogen and oxygen atoms in total. The third-order valence-electron chi connectivity index (χ3n) is 4.17. The third-order valence-corrected chi connectivity index (χ3v) is 4.17. The summed E-state index contributed by atoms with van der Waals surface area (Å²) in [6, 6.07) is 6.23. The molecule has 5 heteroatoms. The molecule has 1 saturated heterocycles. The van der Waals surface area contributed by atoms with Crippen LogP contribution in [0.15, 0.2) is 36.8 Å². The van der Waals surface area contributed by atoms with Crippen molar-refractivity contribution in [3.8, 4) is 0 Å². The molecule has 1 atom stereocenters. The zero-order valence-electron chi connectivity index (χ0n) is 13.1. The van der Waals surface area contributed by atoms with Gasteiger partial charge in [0.2, 0.25) is 0 Å². The predicted molar refractivity (Wildman–Crippen MR) is 84.5 cm³/mol. The van der Waals surface area contributed by atoms with E-state index in [1.54, 1.807) is 12.4 Å². The molecule has 0 unspecified atom stereocenters. The van der Waals surface area contributed by atoms with Gasteiger partial charge >= 0.3 is 0 Å². The normalized spacial score (nSPS) is 18.7. The Balaban J connectivity index is 1.85. The Kier molecular flexibility index (Phi) is 4.22. The molecule has 3 heterocycles. The molecule has 0 aliphatic carbocycles. The molecule has 22 heavy (non-hydrogen) atoms. The van der Waals surface area contributed by atoms with Crippen LogP contribution in [0.2, 0.25) is 0 Å². The van der Waals surface area contributed by atoms with Gasteiger partial charge < -0.3 is 4.90 Å². The highest BCUT2D eigenvalue weighted by atomic mass is 16.2. The van der Waals surface area contributed by atoms with Crippen LogP contribution in [0.5, 0.6) is 0 Å². The van der Waals surface area contributed by atoms with E-state index in [0.29, 0.717) is 5.56 Å². The number of rotatable bonds is 3. The Hall–Kier alpha value is -2.17. The first kappa shape index (κ1) is 14.8. The van der Waals surface area contributed by atoms with Crippen LogP contribution >= 0.6 is 0 Å². The Morgan fingerprint density at radius 2 is 2.18 bits per heavy atom. The number of pyridine rings is 1. The molecular formula is C17H22N4O. The molecule has 0 saturated carbocycles. The van der Waals surface area contributed by atoms with Gasteiger partial charge in [0.15, 0.2) is 0 Å². The van der Waals surface area contributed by atoms with Crippen LogP contribution in [0, 0.1) is 0 Å². The van der Waals surface area contributed by atoms with Gasteiger partial charge in [0, 0.05) is 25.0 Å². The molecule has 0 bridgehead atoms. The number of nitrogens with zero attached hydrogens (tertiary/aromatic N) is 4. The molecule has 1 fully saturated rings. The number of carbonyl (C=O) groups is 1. The molecule has 2 aromatic heterocycles. The Labute approximate surface area is 131 Å². The van der Waals surface area contributed by atoms with Crippen molar-refractivity contribution in [3.05, 3.63) is 48.0 Å². The van der Waals surface area contributed by atoms with E-state index < -0.39 is 0 Å². The molecule has 2 aromatic rings. The van der Waals surface area contributed by atoms with Gasteiger partial charge in [-0.1, -0.05) is 6.07 Å². The van der Waals surface area contributed by atoms with Crippen LogP contribution in [-0.2, 0) is 0 Å². The molecular weight excluding hydrogens is 276 g/mol. The van der Waals surface area contributed by atoms with Crippen LogP contribution in [0.4, 0.5) is 0 Å². The minimum absolute atomic E-state index is 0.0576. The van der Waals surface area contributed by atoms with Crippen LogP contribution in [0.25, 0.3) is 0 Å². The van der Waals surface area contributed by atoms with E-state index >= 15 is 0 Å². The summed E-state index contributed by atoms with van der Waals surface area (Å²) >= 11 is 0. The molecule has 1 aliphatic rings.